The van der Waals surface area contributed by atoms with Crippen molar-refractivity contribution in [2.75, 3.05) is 6.61 Å². The normalized spacial score (nSPS) is 10.9. The fourth-order valence-electron chi connectivity index (χ4n) is 2.41. The van der Waals surface area contributed by atoms with E-state index in [-0.39, 0.29) is 17.9 Å². The van der Waals surface area contributed by atoms with Gasteiger partial charge in [0.25, 0.3) is 11.8 Å². The van der Waals surface area contributed by atoms with Crippen LogP contribution < -0.4 is 15.6 Å². The topological polar surface area (TPSA) is 67.4 Å². The molecule has 25 heavy (non-hydrogen) atoms. The van der Waals surface area contributed by atoms with Gasteiger partial charge in [-0.3, -0.25) is 20.4 Å². The molecule has 0 aromatic heterocycles. The van der Waals surface area contributed by atoms with Crippen molar-refractivity contribution in [2.45, 2.75) is 33.1 Å². The summed E-state index contributed by atoms with van der Waals surface area (Å²) in [5, 5.41) is 0. The number of hydrazine groups is 1. The minimum Gasteiger partial charge on any atom is -0.483 e. The van der Waals surface area contributed by atoms with Gasteiger partial charge in [-0.2, -0.15) is 0 Å². The van der Waals surface area contributed by atoms with E-state index in [0.717, 1.165) is 11.1 Å². The Bertz CT molecular complexity index is 764. The molecule has 5 nitrogen and oxygen atoms in total. The van der Waals surface area contributed by atoms with E-state index >= 15 is 0 Å². The van der Waals surface area contributed by atoms with Crippen LogP contribution in [0.25, 0.3) is 0 Å². The van der Waals surface area contributed by atoms with Crippen LogP contribution in [0.2, 0.25) is 0 Å². The van der Waals surface area contributed by atoms with Crippen molar-refractivity contribution in [1.29, 1.82) is 0 Å². The smallest absolute Gasteiger partial charge is 0.276 e. The number of rotatable bonds is 4. The molecule has 5 heteroatoms. The SMILES string of the molecule is Cc1ccccc1C(=O)NNC(=O)COc1ccccc1C(C)(C)C. The lowest BCUT2D eigenvalue weighted by molar-refractivity contribution is -0.123. The van der Waals surface area contributed by atoms with Gasteiger partial charge < -0.3 is 4.74 Å². The van der Waals surface area contributed by atoms with Crippen molar-refractivity contribution in [1.82, 2.24) is 10.9 Å². The predicted octanol–water partition coefficient (Wildman–Crippen LogP) is 3.13. The number of amides is 2. The number of carbonyl (C=O) groups is 2. The summed E-state index contributed by atoms with van der Waals surface area (Å²) in [7, 11) is 0. The van der Waals surface area contributed by atoms with Gasteiger partial charge in [0.1, 0.15) is 5.75 Å². The molecule has 0 aliphatic rings. The summed E-state index contributed by atoms with van der Waals surface area (Å²) >= 11 is 0. The van der Waals surface area contributed by atoms with Crippen LogP contribution in [0.1, 0.15) is 42.3 Å². The van der Waals surface area contributed by atoms with Crippen molar-refractivity contribution >= 4 is 11.8 Å². The number of aryl methyl sites for hydroxylation is 1. The third kappa shape index (κ3) is 5.08. The van der Waals surface area contributed by atoms with Crippen molar-refractivity contribution < 1.29 is 14.3 Å². The highest BCUT2D eigenvalue weighted by Gasteiger charge is 2.19. The largest absolute Gasteiger partial charge is 0.483 e. The van der Waals surface area contributed by atoms with E-state index in [1.54, 1.807) is 12.1 Å². The Morgan fingerprint density at radius 2 is 1.60 bits per heavy atom. The maximum atomic E-state index is 12.1. The average molecular weight is 340 g/mol. The molecule has 0 heterocycles. The first-order chi connectivity index (χ1) is 11.8. The van der Waals surface area contributed by atoms with Crippen LogP contribution in [0.3, 0.4) is 0 Å². The molecule has 0 saturated carbocycles. The van der Waals surface area contributed by atoms with Gasteiger partial charge in [0.15, 0.2) is 6.61 Å². The lowest BCUT2D eigenvalue weighted by Gasteiger charge is -2.22. The van der Waals surface area contributed by atoms with Crippen LogP contribution in [0.4, 0.5) is 0 Å². The molecule has 0 atom stereocenters. The van der Waals surface area contributed by atoms with Crippen LogP contribution in [-0.4, -0.2) is 18.4 Å². The maximum absolute atomic E-state index is 12.1. The average Bonchev–Trinajstić information content (AvgIpc) is 2.57. The Morgan fingerprint density at radius 1 is 0.960 bits per heavy atom. The molecule has 0 spiro atoms. The van der Waals surface area contributed by atoms with Crippen molar-refractivity contribution in [3.8, 4) is 5.75 Å². The number of carbonyl (C=O) groups excluding carboxylic acids is 2. The Kier molecular flexibility index (Phi) is 5.80. The zero-order chi connectivity index (χ0) is 18.4. The van der Waals surface area contributed by atoms with Crippen LogP contribution in [0.5, 0.6) is 5.75 Å². The summed E-state index contributed by atoms with van der Waals surface area (Å²) in [5.74, 6) is -0.123. The van der Waals surface area contributed by atoms with Crippen molar-refractivity contribution in [3.05, 3.63) is 65.2 Å². The van der Waals surface area contributed by atoms with Crippen LogP contribution in [0.15, 0.2) is 48.5 Å². The number of para-hydroxylation sites is 1. The molecule has 2 aromatic rings. The number of hydrogen-bond acceptors (Lipinski definition) is 3. The zero-order valence-electron chi connectivity index (χ0n) is 15.1. The molecule has 2 N–H and O–H groups in total. The van der Waals surface area contributed by atoms with Gasteiger partial charge in [-0.05, 0) is 35.6 Å². The second kappa shape index (κ2) is 7.83. The molecule has 0 unspecified atom stereocenters. The van der Waals surface area contributed by atoms with Crippen LogP contribution in [-0.2, 0) is 10.2 Å². The molecule has 0 saturated heterocycles. The fourth-order valence-corrected chi connectivity index (χ4v) is 2.41. The molecular weight excluding hydrogens is 316 g/mol. The van der Waals surface area contributed by atoms with E-state index in [0.29, 0.717) is 11.3 Å². The number of ether oxygens (including phenoxy) is 1. The van der Waals surface area contributed by atoms with E-state index in [1.165, 1.54) is 0 Å². The third-order valence-corrected chi connectivity index (χ3v) is 3.76. The van der Waals surface area contributed by atoms with Gasteiger partial charge in [-0.15, -0.1) is 0 Å². The summed E-state index contributed by atoms with van der Waals surface area (Å²) in [5.41, 5.74) is 7.06. The molecule has 0 aliphatic carbocycles. The first-order valence-corrected chi connectivity index (χ1v) is 8.16. The standard InChI is InChI=1S/C20H24N2O3/c1-14-9-5-6-10-15(14)19(24)22-21-18(23)13-25-17-12-8-7-11-16(17)20(2,3)4/h5-12H,13H2,1-4H3,(H,21,23)(H,22,24). The van der Waals surface area contributed by atoms with Gasteiger partial charge in [0.05, 0.1) is 0 Å². The highest BCUT2D eigenvalue weighted by atomic mass is 16.5. The second-order valence-electron chi connectivity index (χ2n) is 6.85. The molecule has 2 rings (SSSR count). The van der Waals surface area contributed by atoms with E-state index in [4.69, 9.17) is 4.74 Å². The maximum Gasteiger partial charge on any atom is 0.276 e. The highest BCUT2D eigenvalue weighted by molar-refractivity contribution is 5.96. The molecule has 132 valence electrons. The Labute approximate surface area is 148 Å². The first kappa shape index (κ1) is 18.5. The number of benzene rings is 2. The molecule has 0 fully saturated rings. The first-order valence-electron chi connectivity index (χ1n) is 8.16. The minimum absolute atomic E-state index is 0.0911. The number of hydrogen-bond donors (Lipinski definition) is 2. The van der Waals surface area contributed by atoms with Gasteiger partial charge in [0, 0.05) is 5.56 Å². The van der Waals surface area contributed by atoms with Gasteiger partial charge in [0.2, 0.25) is 0 Å². The summed E-state index contributed by atoms with van der Waals surface area (Å²) in [4.78, 5) is 24.0. The number of nitrogens with one attached hydrogen (secondary N) is 2. The van der Waals surface area contributed by atoms with Gasteiger partial charge in [-0.1, -0.05) is 57.2 Å². The quantitative estimate of drug-likeness (QED) is 0.840. The molecule has 2 amide bonds. The van der Waals surface area contributed by atoms with E-state index < -0.39 is 5.91 Å². The molecule has 2 aromatic carbocycles. The summed E-state index contributed by atoms with van der Waals surface area (Å²) in [6.07, 6.45) is 0. The predicted molar refractivity (Wildman–Crippen MR) is 97.4 cm³/mol. The minimum atomic E-state index is -0.425. The van der Waals surface area contributed by atoms with Crippen LogP contribution in [0, 0.1) is 6.92 Å². The zero-order valence-corrected chi connectivity index (χ0v) is 15.1. The van der Waals surface area contributed by atoms with Gasteiger partial charge in [-0.25, -0.2) is 0 Å². The second-order valence-corrected chi connectivity index (χ2v) is 6.85. The third-order valence-electron chi connectivity index (χ3n) is 3.76. The van der Waals surface area contributed by atoms with E-state index in [2.05, 4.69) is 31.6 Å². The molecule has 0 radical (unpaired) electrons. The highest BCUT2D eigenvalue weighted by Crippen LogP contribution is 2.30. The Morgan fingerprint density at radius 3 is 2.28 bits per heavy atom. The molecule has 0 aliphatic heterocycles. The Hall–Kier alpha value is -2.82. The molecule has 0 bridgehead atoms. The molecular formula is C20H24N2O3. The van der Waals surface area contributed by atoms with E-state index in [9.17, 15) is 9.59 Å². The van der Waals surface area contributed by atoms with Crippen molar-refractivity contribution in [3.63, 3.8) is 0 Å². The van der Waals surface area contributed by atoms with Crippen LogP contribution >= 0.6 is 0 Å². The summed E-state index contributed by atoms with van der Waals surface area (Å²) in [6, 6.07) is 14.8. The Balaban J connectivity index is 1.90. The van der Waals surface area contributed by atoms with Gasteiger partial charge >= 0.3 is 0 Å². The summed E-state index contributed by atoms with van der Waals surface area (Å²) in [6.45, 7) is 7.90. The summed E-state index contributed by atoms with van der Waals surface area (Å²) < 4.78 is 5.62. The lowest BCUT2D eigenvalue weighted by Crippen LogP contribution is -2.44. The monoisotopic (exact) mass is 340 g/mol. The lowest BCUT2D eigenvalue weighted by atomic mass is 9.86. The van der Waals surface area contributed by atoms with Crippen molar-refractivity contribution in [2.24, 2.45) is 0 Å². The van der Waals surface area contributed by atoms with E-state index in [1.807, 2.05) is 43.3 Å². The fraction of sp³-hybridized carbons (Fsp3) is 0.300.